The molecule has 1 nitrogen and oxygen atoms in total. The van der Waals surface area contributed by atoms with Crippen LogP contribution < -0.4 is 0 Å². The molecule has 0 saturated carbocycles. The molecule has 0 unspecified atom stereocenters. The maximum absolute atomic E-state index is 12.7. The van der Waals surface area contributed by atoms with Crippen molar-refractivity contribution >= 4 is 16.9 Å². The summed E-state index contributed by atoms with van der Waals surface area (Å²) in [5.74, 6) is 0.119. The highest BCUT2D eigenvalue weighted by atomic mass is 16.1. The number of aryl methyl sites for hydroxylation is 2. The Labute approximate surface area is 119 Å². The minimum Gasteiger partial charge on any atom is -0.289 e. The van der Waals surface area contributed by atoms with Crippen LogP contribution in [-0.2, 0) is 4.79 Å². The van der Waals surface area contributed by atoms with Crippen LogP contribution in [0.2, 0.25) is 0 Å². The maximum atomic E-state index is 12.7. The number of ketones is 1. The van der Waals surface area contributed by atoms with Crippen molar-refractivity contribution in [1.82, 2.24) is 0 Å². The van der Waals surface area contributed by atoms with Gasteiger partial charge in [0.05, 0.1) is 0 Å². The summed E-state index contributed by atoms with van der Waals surface area (Å²) >= 11 is 0. The summed E-state index contributed by atoms with van der Waals surface area (Å²) < 4.78 is 0. The summed E-state index contributed by atoms with van der Waals surface area (Å²) in [5, 5.41) is 0. The molecule has 0 amide bonds. The van der Waals surface area contributed by atoms with Crippen molar-refractivity contribution in [3.8, 4) is 0 Å². The fourth-order valence-electron chi connectivity index (χ4n) is 2.64. The topological polar surface area (TPSA) is 17.1 Å². The van der Waals surface area contributed by atoms with E-state index in [1.807, 2.05) is 74.5 Å². The molecule has 0 aliphatic heterocycles. The molecular formula is C19H16O. The molecule has 2 aromatic rings. The standard InChI is InChI=1S/C19H16O/c1-13-7-3-5-9-15(13)17-11-12-18(19(17)20)16-10-6-4-8-14(16)2/h3-12H,1-2H3. The molecule has 0 heterocycles. The van der Waals surface area contributed by atoms with Crippen molar-refractivity contribution in [3.63, 3.8) is 0 Å². The normalized spacial score (nSPS) is 14.2. The minimum atomic E-state index is 0.119. The van der Waals surface area contributed by atoms with Gasteiger partial charge in [-0.2, -0.15) is 0 Å². The van der Waals surface area contributed by atoms with Gasteiger partial charge in [-0.3, -0.25) is 4.79 Å². The third-order valence-corrected chi connectivity index (χ3v) is 3.78. The molecule has 1 heteroatoms. The van der Waals surface area contributed by atoms with Gasteiger partial charge in [0.25, 0.3) is 0 Å². The number of rotatable bonds is 2. The zero-order valence-electron chi connectivity index (χ0n) is 11.7. The largest absolute Gasteiger partial charge is 0.289 e. The summed E-state index contributed by atoms with van der Waals surface area (Å²) in [5.41, 5.74) is 5.90. The fourth-order valence-corrected chi connectivity index (χ4v) is 2.64. The van der Waals surface area contributed by atoms with Crippen LogP contribution in [0.4, 0.5) is 0 Å². The lowest BCUT2D eigenvalue weighted by atomic mass is 9.93. The summed E-state index contributed by atoms with van der Waals surface area (Å²) in [6.45, 7) is 4.07. The van der Waals surface area contributed by atoms with Crippen molar-refractivity contribution < 1.29 is 4.79 Å². The van der Waals surface area contributed by atoms with E-state index in [2.05, 4.69) is 0 Å². The Balaban J connectivity index is 1.99. The molecular weight excluding hydrogens is 244 g/mol. The number of hydrogen-bond acceptors (Lipinski definition) is 1. The third kappa shape index (κ3) is 2.01. The quantitative estimate of drug-likeness (QED) is 0.784. The monoisotopic (exact) mass is 260 g/mol. The summed E-state index contributed by atoms with van der Waals surface area (Å²) in [4.78, 5) is 12.7. The van der Waals surface area contributed by atoms with Crippen molar-refractivity contribution in [2.75, 3.05) is 0 Å². The van der Waals surface area contributed by atoms with Gasteiger partial charge in [0.2, 0.25) is 0 Å². The second kappa shape index (κ2) is 4.93. The molecule has 20 heavy (non-hydrogen) atoms. The Bertz CT molecular complexity index is 684. The van der Waals surface area contributed by atoms with Crippen LogP contribution in [0.15, 0.2) is 60.7 Å². The van der Waals surface area contributed by atoms with Gasteiger partial charge in [0.15, 0.2) is 5.78 Å². The average Bonchev–Trinajstić information content (AvgIpc) is 2.82. The molecule has 2 aromatic carbocycles. The highest BCUT2D eigenvalue weighted by Gasteiger charge is 2.23. The minimum absolute atomic E-state index is 0.119. The lowest BCUT2D eigenvalue weighted by Crippen LogP contribution is -2.03. The van der Waals surface area contributed by atoms with Crippen LogP contribution in [-0.4, -0.2) is 5.78 Å². The number of benzene rings is 2. The Morgan fingerprint density at radius 1 is 0.650 bits per heavy atom. The number of hydrogen-bond donors (Lipinski definition) is 0. The number of allylic oxidation sites excluding steroid dienone is 4. The molecule has 0 bridgehead atoms. The van der Waals surface area contributed by atoms with Crippen molar-refractivity contribution in [2.24, 2.45) is 0 Å². The highest BCUT2D eigenvalue weighted by molar-refractivity contribution is 6.45. The van der Waals surface area contributed by atoms with Gasteiger partial charge in [0, 0.05) is 11.1 Å². The van der Waals surface area contributed by atoms with E-state index in [0.717, 1.165) is 33.4 Å². The van der Waals surface area contributed by atoms with E-state index >= 15 is 0 Å². The first kappa shape index (κ1) is 12.6. The fraction of sp³-hybridized carbons (Fsp3) is 0.105. The molecule has 0 spiro atoms. The van der Waals surface area contributed by atoms with E-state index in [-0.39, 0.29) is 5.78 Å². The number of carbonyl (C=O) groups is 1. The van der Waals surface area contributed by atoms with Crippen LogP contribution in [0.1, 0.15) is 22.3 Å². The molecule has 0 N–H and O–H groups in total. The lowest BCUT2D eigenvalue weighted by Gasteiger charge is -2.09. The number of carbonyl (C=O) groups excluding carboxylic acids is 1. The van der Waals surface area contributed by atoms with E-state index < -0.39 is 0 Å². The molecule has 0 aromatic heterocycles. The SMILES string of the molecule is Cc1ccccc1C1=CC=C(c2ccccc2C)C1=O. The zero-order valence-corrected chi connectivity index (χ0v) is 11.7. The first-order valence-electron chi connectivity index (χ1n) is 6.77. The Morgan fingerprint density at radius 3 is 1.45 bits per heavy atom. The van der Waals surface area contributed by atoms with E-state index in [1.54, 1.807) is 0 Å². The van der Waals surface area contributed by atoms with Crippen LogP contribution in [0, 0.1) is 13.8 Å². The summed E-state index contributed by atoms with van der Waals surface area (Å²) in [7, 11) is 0. The smallest absolute Gasteiger partial charge is 0.194 e. The Morgan fingerprint density at radius 2 is 1.05 bits per heavy atom. The van der Waals surface area contributed by atoms with Gasteiger partial charge in [-0.05, 0) is 48.3 Å². The second-order valence-corrected chi connectivity index (χ2v) is 5.12. The number of Topliss-reactive ketones (excluding diaryl/α,β-unsaturated/α-hetero) is 1. The van der Waals surface area contributed by atoms with Gasteiger partial charge in [-0.25, -0.2) is 0 Å². The molecule has 1 aliphatic rings. The maximum Gasteiger partial charge on any atom is 0.194 e. The highest BCUT2D eigenvalue weighted by Crippen LogP contribution is 2.33. The Hall–Kier alpha value is -2.41. The van der Waals surface area contributed by atoms with Gasteiger partial charge in [0.1, 0.15) is 0 Å². The van der Waals surface area contributed by atoms with Crippen LogP contribution >= 0.6 is 0 Å². The van der Waals surface area contributed by atoms with Gasteiger partial charge in [-0.15, -0.1) is 0 Å². The molecule has 0 saturated heterocycles. The van der Waals surface area contributed by atoms with E-state index in [9.17, 15) is 4.79 Å². The van der Waals surface area contributed by atoms with Crippen molar-refractivity contribution in [1.29, 1.82) is 0 Å². The van der Waals surface area contributed by atoms with Crippen LogP contribution in [0.5, 0.6) is 0 Å². The molecule has 98 valence electrons. The Kier molecular flexibility index (Phi) is 3.11. The van der Waals surface area contributed by atoms with Gasteiger partial charge < -0.3 is 0 Å². The molecule has 0 atom stereocenters. The lowest BCUT2D eigenvalue weighted by molar-refractivity contribution is -0.108. The first-order valence-corrected chi connectivity index (χ1v) is 6.77. The summed E-state index contributed by atoms with van der Waals surface area (Å²) in [6.07, 6.45) is 3.87. The molecule has 1 aliphatic carbocycles. The van der Waals surface area contributed by atoms with E-state index in [0.29, 0.717) is 0 Å². The summed E-state index contributed by atoms with van der Waals surface area (Å²) in [6, 6.07) is 16.0. The van der Waals surface area contributed by atoms with Crippen LogP contribution in [0.3, 0.4) is 0 Å². The first-order chi connectivity index (χ1) is 9.68. The van der Waals surface area contributed by atoms with E-state index in [1.165, 1.54) is 0 Å². The predicted octanol–water partition coefficient (Wildman–Crippen LogP) is 4.35. The molecule has 3 rings (SSSR count). The molecule has 0 fully saturated rings. The van der Waals surface area contributed by atoms with Crippen molar-refractivity contribution in [2.45, 2.75) is 13.8 Å². The molecule has 0 radical (unpaired) electrons. The second-order valence-electron chi connectivity index (χ2n) is 5.12. The van der Waals surface area contributed by atoms with E-state index in [4.69, 9.17) is 0 Å². The average molecular weight is 260 g/mol. The van der Waals surface area contributed by atoms with Crippen LogP contribution in [0.25, 0.3) is 11.1 Å². The van der Waals surface area contributed by atoms with Crippen molar-refractivity contribution in [3.05, 3.63) is 82.9 Å². The van der Waals surface area contributed by atoms with Gasteiger partial charge in [-0.1, -0.05) is 48.5 Å². The van der Waals surface area contributed by atoms with Gasteiger partial charge >= 0.3 is 0 Å². The predicted molar refractivity (Wildman–Crippen MR) is 83.3 cm³/mol. The zero-order chi connectivity index (χ0) is 14.1. The third-order valence-electron chi connectivity index (χ3n) is 3.78.